The number of hydrogen-bond donors (Lipinski definition) is 0. The van der Waals surface area contributed by atoms with E-state index in [-0.39, 0.29) is 22.8 Å². The topological polar surface area (TPSA) is 38.7 Å². The molecule has 3 nitrogen and oxygen atoms in total. The molecule has 0 saturated heterocycles. The monoisotopic (exact) mass is 257 g/mol. The predicted molar refractivity (Wildman–Crippen MR) is 59.1 cm³/mol. The van der Waals surface area contributed by atoms with Crippen LogP contribution in [-0.4, -0.2) is 15.0 Å². The lowest BCUT2D eigenvalue weighted by Crippen LogP contribution is -2.01. The Balaban J connectivity index is 2.30. The summed E-state index contributed by atoms with van der Waals surface area (Å²) in [4.78, 5) is 11.3. The van der Waals surface area contributed by atoms with Gasteiger partial charge in [-0.2, -0.15) is 4.98 Å². The normalized spacial score (nSPS) is 10.4. The number of halogens is 3. The summed E-state index contributed by atoms with van der Waals surface area (Å²) >= 11 is 11.2. The van der Waals surface area contributed by atoms with Crippen molar-refractivity contribution in [2.75, 3.05) is 0 Å². The minimum absolute atomic E-state index is 0.00587. The summed E-state index contributed by atoms with van der Waals surface area (Å²) in [5.41, 5.74) is 0.487. The Morgan fingerprint density at radius 2 is 1.62 bits per heavy atom. The summed E-state index contributed by atoms with van der Waals surface area (Å²) in [7, 11) is 0. The molecule has 2 rings (SSSR count). The standard InChI is InChI=1S/C10H6Cl2FN3/c11-9-14-8(15-10(12)16-9)5-6-3-1-2-4-7(6)13/h1-4H,5H2. The van der Waals surface area contributed by atoms with Crippen LogP contribution in [-0.2, 0) is 6.42 Å². The van der Waals surface area contributed by atoms with E-state index < -0.39 is 0 Å². The molecular weight excluding hydrogens is 252 g/mol. The number of nitrogens with zero attached hydrogens (tertiary/aromatic N) is 3. The molecule has 0 saturated carbocycles. The van der Waals surface area contributed by atoms with E-state index in [1.807, 2.05) is 0 Å². The first kappa shape index (κ1) is 11.2. The summed E-state index contributed by atoms with van der Waals surface area (Å²) in [5, 5.41) is 0.0117. The van der Waals surface area contributed by atoms with Gasteiger partial charge in [-0.15, -0.1) is 0 Å². The smallest absolute Gasteiger partial charge is 0.207 e. The predicted octanol–water partition coefficient (Wildman–Crippen LogP) is 2.91. The molecule has 0 aliphatic carbocycles. The number of benzene rings is 1. The second-order valence-electron chi connectivity index (χ2n) is 3.06. The molecule has 2 aromatic rings. The van der Waals surface area contributed by atoms with E-state index in [9.17, 15) is 4.39 Å². The van der Waals surface area contributed by atoms with Crippen LogP contribution in [0.15, 0.2) is 24.3 Å². The lowest BCUT2D eigenvalue weighted by atomic mass is 10.1. The summed E-state index contributed by atoms with van der Waals surface area (Å²) in [6.45, 7) is 0. The third kappa shape index (κ3) is 2.65. The molecule has 0 unspecified atom stereocenters. The fourth-order valence-electron chi connectivity index (χ4n) is 1.26. The highest BCUT2D eigenvalue weighted by Crippen LogP contribution is 2.13. The molecule has 0 aliphatic rings. The molecule has 0 amide bonds. The van der Waals surface area contributed by atoms with Crippen LogP contribution in [0.25, 0.3) is 0 Å². The second kappa shape index (κ2) is 4.72. The van der Waals surface area contributed by atoms with E-state index in [0.29, 0.717) is 11.4 Å². The van der Waals surface area contributed by atoms with Crippen LogP contribution in [0.1, 0.15) is 11.4 Å². The Morgan fingerprint density at radius 3 is 2.25 bits per heavy atom. The van der Waals surface area contributed by atoms with Crippen molar-refractivity contribution in [3.05, 3.63) is 52.0 Å². The minimum Gasteiger partial charge on any atom is -0.207 e. The highest BCUT2D eigenvalue weighted by molar-refractivity contribution is 6.30. The van der Waals surface area contributed by atoms with Gasteiger partial charge in [0.15, 0.2) is 0 Å². The van der Waals surface area contributed by atoms with Crippen molar-refractivity contribution in [2.24, 2.45) is 0 Å². The largest absolute Gasteiger partial charge is 0.226 e. The zero-order valence-electron chi connectivity index (χ0n) is 7.99. The van der Waals surface area contributed by atoms with Crippen LogP contribution in [0.3, 0.4) is 0 Å². The molecule has 82 valence electrons. The van der Waals surface area contributed by atoms with E-state index in [4.69, 9.17) is 23.2 Å². The third-order valence-electron chi connectivity index (χ3n) is 1.93. The second-order valence-corrected chi connectivity index (χ2v) is 3.73. The Hall–Kier alpha value is -1.26. The molecule has 1 heterocycles. The van der Waals surface area contributed by atoms with Gasteiger partial charge in [0.25, 0.3) is 0 Å². The Bertz CT molecular complexity index is 499. The Labute approximate surface area is 101 Å². The van der Waals surface area contributed by atoms with Crippen molar-refractivity contribution in [3.63, 3.8) is 0 Å². The lowest BCUT2D eigenvalue weighted by Gasteiger charge is -2.02. The van der Waals surface area contributed by atoms with Crippen molar-refractivity contribution >= 4 is 23.2 Å². The summed E-state index contributed by atoms with van der Waals surface area (Å²) in [6.07, 6.45) is 0.231. The third-order valence-corrected chi connectivity index (χ3v) is 2.27. The van der Waals surface area contributed by atoms with E-state index in [2.05, 4.69) is 15.0 Å². The van der Waals surface area contributed by atoms with Gasteiger partial charge in [-0.1, -0.05) is 18.2 Å². The van der Waals surface area contributed by atoms with Crippen molar-refractivity contribution in [2.45, 2.75) is 6.42 Å². The quantitative estimate of drug-likeness (QED) is 0.831. The number of aromatic nitrogens is 3. The molecule has 1 aromatic heterocycles. The van der Waals surface area contributed by atoms with Crippen LogP contribution in [0.4, 0.5) is 4.39 Å². The molecule has 0 bridgehead atoms. The number of hydrogen-bond acceptors (Lipinski definition) is 3. The maximum Gasteiger partial charge on any atom is 0.226 e. The fraction of sp³-hybridized carbons (Fsp3) is 0.100. The van der Waals surface area contributed by atoms with Crippen LogP contribution in [0, 0.1) is 5.82 Å². The van der Waals surface area contributed by atoms with E-state index >= 15 is 0 Å². The molecule has 6 heteroatoms. The Morgan fingerprint density at radius 1 is 1.00 bits per heavy atom. The minimum atomic E-state index is -0.310. The van der Waals surface area contributed by atoms with Gasteiger partial charge in [-0.05, 0) is 34.8 Å². The van der Waals surface area contributed by atoms with Crippen molar-refractivity contribution in [3.8, 4) is 0 Å². The van der Waals surface area contributed by atoms with Gasteiger partial charge in [-0.25, -0.2) is 14.4 Å². The van der Waals surface area contributed by atoms with E-state index in [1.165, 1.54) is 6.07 Å². The first-order valence-electron chi connectivity index (χ1n) is 4.44. The van der Waals surface area contributed by atoms with Gasteiger partial charge < -0.3 is 0 Å². The summed E-state index contributed by atoms with van der Waals surface area (Å²) < 4.78 is 13.3. The summed E-state index contributed by atoms with van der Waals surface area (Å²) in [6, 6.07) is 6.38. The number of rotatable bonds is 2. The van der Waals surface area contributed by atoms with Gasteiger partial charge in [0.05, 0.1) is 0 Å². The molecule has 0 atom stereocenters. The molecular formula is C10H6Cl2FN3. The highest BCUT2D eigenvalue weighted by Gasteiger charge is 2.07. The average molecular weight is 258 g/mol. The first-order chi connectivity index (χ1) is 7.65. The molecule has 0 radical (unpaired) electrons. The van der Waals surface area contributed by atoms with Crippen LogP contribution >= 0.6 is 23.2 Å². The zero-order valence-corrected chi connectivity index (χ0v) is 9.50. The zero-order chi connectivity index (χ0) is 11.5. The van der Waals surface area contributed by atoms with Gasteiger partial charge >= 0.3 is 0 Å². The summed E-state index contributed by atoms with van der Waals surface area (Å²) in [5.74, 6) is 0.0326. The van der Waals surface area contributed by atoms with Gasteiger partial charge in [0.1, 0.15) is 11.6 Å². The maximum atomic E-state index is 13.3. The molecule has 0 fully saturated rings. The SMILES string of the molecule is Fc1ccccc1Cc1nc(Cl)nc(Cl)n1. The van der Waals surface area contributed by atoms with E-state index in [0.717, 1.165) is 0 Å². The van der Waals surface area contributed by atoms with Gasteiger partial charge in [-0.3, -0.25) is 0 Å². The van der Waals surface area contributed by atoms with Gasteiger partial charge in [0.2, 0.25) is 10.6 Å². The van der Waals surface area contributed by atoms with Crippen LogP contribution in [0.5, 0.6) is 0 Å². The molecule has 1 aromatic carbocycles. The highest BCUT2D eigenvalue weighted by atomic mass is 35.5. The molecule has 0 N–H and O–H groups in total. The Kier molecular flexibility index (Phi) is 3.31. The first-order valence-corrected chi connectivity index (χ1v) is 5.20. The van der Waals surface area contributed by atoms with Crippen molar-refractivity contribution in [1.82, 2.24) is 15.0 Å². The van der Waals surface area contributed by atoms with E-state index in [1.54, 1.807) is 18.2 Å². The molecule has 16 heavy (non-hydrogen) atoms. The molecule has 0 aliphatic heterocycles. The lowest BCUT2D eigenvalue weighted by molar-refractivity contribution is 0.612. The maximum absolute atomic E-state index is 13.3. The fourth-order valence-corrected chi connectivity index (χ4v) is 1.65. The molecule has 0 spiro atoms. The average Bonchev–Trinajstić information content (AvgIpc) is 2.20. The van der Waals surface area contributed by atoms with Crippen molar-refractivity contribution < 1.29 is 4.39 Å². The van der Waals surface area contributed by atoms with Crippen LogP contribution in [0.2, 0.25) is 10.6 Å². The van der Waals surface area contributed by atoms with Crippen molar-refractivity contribution in [1.29, 1.82) is 0 Å². The van der Waals surface area contributed by atoms with Gasteiger partial charge in [0, 0.05) is 6.42 Å². The van der Waals surface area contributed by atoms with Crippen LogP contribution < -0.4 is 0 Å².